The number of halogens is 1. The lowest BCUT2D eigenvalue weighted by molar-refractivity contribution is -0.385. The molecule has 0 aromatic heterocycles. The SMILES string of the molecule is CN(C)c1cccc(NCc2cc(Br)ccc2[N+](=O)[O-])c1. The van der Waals surface area contributed by atoms with E-state index in [4.69, 9.17) is 0 Å². The lowest BCUT2D eigenvalue weighted by atomic mass is 10.1. The molecule has 2 rings (SSSR count). The fourth-order valence-electron chi connectivity index (χ4n) is 1.97. The zero-order chi connectivity index (χ0) is 15.4. The van der Waals surface area contributed by atoms with Gasteiger partial charge in [-0.1, -0.05) is 22.0 Å². The third kappa shape index (κ3) is 3.95. The number of nitro groups is 1. The van der Waals surface area contributed by atoms with Crippen LogP contribution in [-0.4, -0.2) is 19.0 Å². The summed E-state index contributed by atoms with van der Waals surface area (Å²) in [6, 6.07) is 12.9. The summed E-state index contributed by atoms with van der Waals surface area (Å²) in [6.45, 7) is 0.395. The maximum absolute atomic E-state index is 11.0. The van der Waals surface area contributed by atoms with E-state index in [0.29, 0.717) is 12.1 Å². The summed E-state index contributed by atoms with van der Waals surface area (Å²) in [6.07, 6.45) is 0. The maximum Gasteiger partial charge on any atom is 0.274 e. The minimum absolute atomic E-state index is 0.120. The summed E-state index contributed by atoms with van der Waals surface area (Å²) in [5.41, 5.74) is 2.76. The lowest BCUT2D eigenvalue weighted by Crippen LogP contribution is -2.09. The third-order valence-electron chi connectivity index (χ3n) is 3.08. The molecule has 1 N–H and O–H groups in total. The molecule has 0 aliphatic carbocycles. The van der Waals surface area contributed by atoms with Crippen LogP contribution in [0.25, 0.3) is 0 Å². The molecule has 0 fully saturated rings. The molecule has 2 aromatic carbocycles. The highest BCUT2D eigenvalue weighted by Crippen LogP contribution is 2.25. The number of nitrogens with one attached hydrogen (secondary N) is 1. The van der Waals surface area contributed by atoms with Gasteiger partial charge in [0.2, 0.25) is 0 Å². The Morgan fingerprint density at radius 1 is 1.24 bits per heavy atom. The summed E-state index contributed by atoms with van der Waals surface area (Å²) in [4.78, 5) is 12.7. The van der Waals surface area contributed by atoms with Crippen molar-refractivity contribution < 1.29 is 4.92 Å². The number of hydrogen-bond donors (Lipinski definition) is 1. The first-order valence-corrected chi connectivity index (χ1v) is 7.21. The number of hydrogen-bond acceptors (Lipinski definition) is 4. The van der Waals surface area contributed by atoms with E-state index in [9.17, 15) is 10.1 Å². The summed E-state index contributed by atoms with van der Waals surface area (Å²) < 4.78 is 0.826. The molecule has 0 aliphatic heterocycles. The summed E-state index contributed by atoms with van der Waals surface area (Å²) in [7, 11) is 3.94. The monoisotopic (exact) mass is 349 g/mol. The van der Waals surface area contributed by atoms with Gasteiger partial charge in [0.1, 0.15) is 0 Å². The normalized spacial score (nSPS) is 10.2. The second-order valence-corrected chi connectivity index (χ2v) is 5.74. The highest BCUT2D eigenvalue weighted by molar-refractivity contribution is 9.10. The molecule has 0 unspecified atom stereocenters. The minimum Gasteiger partial charge on any atom is -0.381 e. The quantitative estimate of drug-likeness (QED) is 0.653. The van der Waals surface area contributed by atoms with Gasteiger partial charge < -0.3 is 10.2 Å². The van der Waals surface area contributed by atoms with Gasteiger partial charge in [-0.3, -0.25) is 10.1 Å². The molecular formula is C15H16BrN3O2. The second kappa shape index (κ2) is 6.58. The van der Waals surface area contributed by atoms with Crippen molar-refractivity contribution in [1.82, 2.24) is 0 Å². The van der Waals surface area contributed by atoms with E-state index in [0.717, 1.165) is 15.8 Å². The van der Waals surface area contributed by atoms with E-state index in [1.807, 2.05) is 43.3 Å². The Morgan fingerprint density at radius 3 is 2.67 bits per heavy atom. The molecule has 0 aliphatic rings. The molecule has 6 heteroatoms. The molecule has 2 aromatic rings. The number of anilines is 2. The van der Waals surface area contributed by atoms with E-state index in [1.165, 1.54) is 6.07 Å². The van der Waals surface area contributed by atoms with Crippen molar-refractivity contribution in [2.24, 2.45) is 0 Å². The molecule has 0 saturated heterocycles. The van der Waals surface area contributed by atoms with Gasteiger partial charge >= 0.3 is 0 Å². The Balaban J connectivity index is 2.18. The van der Waals surface area contributed by atoms with Crippen LogP contribution in [0.3, 0.4) is 0 Å². The van der Waals surface area contributed by atoms with Crippen LogP contribution in [0.1, 0.15) is 5.56 Å². The highest BCUT2D eigenvalue weighted by Gasteiger charge is 2.13. The molecule has 0 atom stereocenters. The third-order valence-corrected chi connectivity index (χ3v) is 3.58. The Labute approximate surface area is 131 Å². The highest BCUT2D eigenvalue weighted by atomic mass is 79.9. The molecule has 0 saturated carbocycles. The topological polar surface area (TPSA) is 58.4 Å². The first-order chi connectivity index (χ1) is 9.97. The van der Waals surface area contributed by atoms with Gasteiger partial charge in [0.25, 0.3) is 5.69 Å². The van der Waals surface area contributed by atoms with Gasteiger partial charge in [-0.05, 0) is 30.3 Å². The molecule has 21 heavy (non-hydrogen) atoms. The zero-order valence-corrected chi connectivity index (χ0v) is 13.4. The summed E-state index contributed by atoms with van der Waals surface area (Å²) in [5, 5.41) is 14.3. The molecule has 0 spiro atoms. The Hall–Kier alpha value is -2.08. The van der Waals surface area contributed by atoms with Crippen molar-refractivity contribution in [2.45, 2.75) is 6.54 Å². The van der Waals surface area contributed by atoms with Crippen LogP contribution in [0.4, 0.5) is 17.1 Å². The largest absolute Gasteiger partial charge is 0.381 e. The second-order valence-electron chi connectivity index (χ2n) is 4.83. The number of rotatable bonds is 5. The van der Waals surface area contributed by atoms with Crippen LogP contribution in [0, 0.1) is 10.1 Å². The van der Waals surface area contributed by atoms with E-state index in [2.05, 4.69) is 21.2 Å². The fourth-order valence-corrected chi connectivity index (χ4v) is 2.37. The van der Waals surface area contributed by atoms with Gasteiger partial charge in [0, 0.05) is 48.1 Å². The zero-order valence-electron chi connectivity index (χ0n) is 11.8. The number of nitrogens with zero attached hydrogens (tertiary/aromatic N) is 2. The number of benzene rings is 2. The Kier molecular flexibility index (Phi) is 4.80. The molecule has 0 radical (unpaired) electrons. The molecule has 0 heterocycles. The average Bonchev–Trinajstić information content (AvgIpc) is 2.45. The van der Waals surface area contributed by atoms with E-state index in [-0.39, 0.29) is 10.6 Å². The molecule has 0 bridgehead atoms. The van der Waals surface area contributed by atoms with Gasteiger partial charge in [-0.2, -0.15) is 0 Å². The Morgan fingerprint density at radius 2 is 2.00 bits per heavy atom. The predicted molar refractivity (Wildman–Crippen MR) is 88.9 cm³/mol. The van der Waals surface area contributed by atoms with Gasteiger partial charge in [-0.25, -0.2) is 0 Å². The van der Waals surface area contributed by atoms with Crippen molar-refractivity contribution in [3.63, 3.8) is 0 Å². The van der Waals surface area contributed by atoms with Crippen molar-refractivity contribution >= 4 is 33.0 Å². The summed E-state index contributed by atoms with van der Waals surface area (Å²) in [5.74, 6) is 0. The van der Waals surface area contributed by atoms with Crippen LogP contribution in [0.15, 0.2) is 46.9 Å². The van der Waals surface area contributed by atoms with Crippen LogP contribution in [-0.2, 0) is 6.54 Å². The van der Waals surface area contributed by atoms with Crippen molar-refractivity contribution in [1.29, 1.82) is 0 Å². The van der Waals surface area contributed by atoms with Crippen molar-refractivity contribution in [3.05, 3.63) is 62.6 Å². The molecule has 110 valence electrons. The fraction of sp³-hybridized carbons (Fsp3) is 0.200. The van der Waals surface area contributed by atoms with Crippen molar-refractivity contribution in [2.75, 3.05) is 24.3 Å². The lowest BCUT2D eigenvalue weighted by Gasteiger charge is -2.14. The standard InChI is InChI=1S/C15H16BrN3O2/c1-18(2)14-5-3-4-13(9-14)17-10-11-8-12(16)6-7-15(11)19(20)21/h3-9,17H,10H2,1-2H3. The molecular weight excluding hydrogens is 334 g/mol. The van der Waals surface area contributed by atoms with Crippen LogP contribution in [0.2, 0.25) is 0 Å². The van der Waals surface area contributed by atoms with Crippen LogP contribution in [0.5, 0.6) is 0 Å². The van der Waals surface area contributed by atoms with Gasteiger partial charge in [0.15, 0.2) is 0 Å². The van der Waals surface area contributed by atoms with E-state index < -0.39 is 0 Å². The maximum atomic E-state index is 11.0. The van der Waals surface area contributed by atoms with E-state index in [1.54, 1.807) is 12.1 Å². The minimum atomic E-state index is -0.361. The van der Waals surface area contributed by atoms with E-state index >= 15 is 0 Å². The Bertz CT molecular complexity index is 659. The predicted octanol–water partition coefficient (Wildman–Crippen LogP) is 4.04. The van der Waals surface area contributed by atoms with Crippen LogP contribution < -0.4 is 10.2 Å². The number of nitro benzene ring substituents is 1. The van der Waals surface area contributed by atoms with Crippen molar-refractivity contribution in [3.8, 4) is 0 Å². The van der Waals surface area contributed by atoms with Crippen LogP contribution >= 0.6 is 15.9 Å². The summed E-state index contributed by atoms with van der Waals surface area (Å²) >= 11 is 3.35. The first-order valence-electron chi connectivity index (χ1n) is 6.41. The van der Waals surface area contributed by atoms with Gasteiger partial charge in [0.05, 0.1) is 4.92 Å². The smallest absolute Gasteiger partial charge is 0.274 e. The van der Waals surface area contributed by atoms with Gasteiger partial charge in [-0.15, -0.1) is 0 Å². The molecule has 0 amide bonds. The molecule has 5 nitrogen and oxygen atoms in total. The average molecular weight is 350 g/mol. The first kappa shape index (κ1) is 15.3.